The molecular weight excluding hydrogens is 270 g/mol. The number of aliphatic hydroxyl groups is 1. The highest BCUT2D eigenvalue weighted by Gasteiger charge is 2.09. The van der Waals surface area contributed by atoms with Gasteiger partial charge in [0, 0.05) is 6.54 Å². The minimum absolute atomic E-state index is 0.119. The fourth-order valence-electron chi connectivity index (χ4n) is 1.88. The molecule has 118 valence electrons. The number of aliphatic hydroxyl groups excluding tert-OH is 1. The Labute approximate surface area is 126 Å². The molecule has 1 atom stereocenters. The first-order chi connectivity index (χ1) is 10.0. The molecule has 0 aliphatic heterocycles. The maximum absolute atomic E-state index is 11.6. The topological polar surface area (TPSA) is 67.8 Å². The first-order valence-electron chi connectivity index (χ1n) is 7.23. The molecule has 1 unspecified atom stereocenters. The average molecular weight is 295 g/mol. The molecule has 0 fully saturated rings. The van der Waals surface area contributed by atoms with Gasteiger partial charge in [-0.25, -0.2) is 0 Å². The Morgan fingerprint density at radius 3 is 2.43 bits per heavy atom. The van der Waals surface area contributed by atoms with Gasteiger partial charge in [0.05, 0.1) is 26.2 Å². The highest BCUT2D eigenvalue weighted by Crippen LogP contribution is 2.16. The van der Waals surface area contributed by atoms with Crippen molar-refractivity contribution in [1.29, 1.82) is 0 Å². The second kappa shape index (κ2) is 9.23. The molecule has 0 spiro atoms. The van der Waals surface area contributed by atoms with E-state index in [1.807, 2.05) is 13.8 Å². The molecule has 1 amide bonds. The predicted molar refractivity (Wildman–Crippen MR) is 81.6 cm³/mol. The lowest BCUT2D eigenvalue weighted by Crippen LogP contribution is -2.33. The molecule has 0 aliphatic rings. The second-order valence-corrected chi connectivity index (χ2v) is 5.36. The number of rotatable bonds is 9. The van der Waals surface area contributed by atoms with Crippen molar-refractivity contribution in [1.82, 2.24) is 5.32 Å². The number of carbonyl (C=O) groups is 1. The Bertz CT molecular complexity index is 417. The predicted octanol–water partition coefficient (Wildman–Crippen LogP) is 1.99. The summed E-state index contributed by atoms with van der Waals surface area (Å²) in [6.45, 7) is 4.67. The summed E-state index contributed by atoms with van der Waals surface area (Å²) >= 11 is 0. The zero-order valence-electron chi connectivity index (χ0n) is 13.0. The third-order valence-electron chi connectivity index (χ3n) is 2.94. The number of hydrogen-bond acceptors (Lipinski definition) is 4. The van der Waals surface area contributed by atoms with Crippen LogP contribution in [0.1, 0.15) is 26.7 Å². The molecule has 0 radical (unpaired) electrons. The summed E-state index contributed by atoms with van der Waals surface area (Å²) in [7, 11) is 1.61. The van der Waals surface area contributed by atoms with Crippen molar-refractivity contribution in [2.24, 2.45) is 5.92 Å². The van der Waals surface area contributed by atoms with E-state index in [1.165, 1.54) is 0 Å². The van der Waals surface area contributed by atoms with Crippen molar-refractivity contribution in [3.05, 3.63) is 24.3 Å². The molecule has 0 bridgehead atoms. The normalized spacial score (nSPS) is 12.0. The van der Waals surface area contributed by atoms with Crippen LogP contribution in [0.2, 0.25) is 0 Å². The van der Waals surface area contributed by atoms with E-state index in [2.05, 4.69) is 5.32 Å². The quantitative estimate of drug-likeness (QED) is 0.731. The van der Waals surface area contributed by atoms with E-state index < -0.39 is 6.10 Å². The van der Waals surface area contributed by atoms with Gasteiger partial charge in [-0.2, -0.15) is 0 Å². The van der Waals surface area contributed by atoms with Gasteiger partial charge < -0.3 is 19.9 Å². The third-order valence-corrected chi connectivity index (χ3v) is 2.94. The zero-order chi connectivity index (χ0) is 15.7. The van der Waals surface area contributed by atoms with Gasteiger partial charge in [-0.15, -0.1) is 0 Å². The van der Waals surface area contributed by atoms with Crippen molar-refractivity contribution in [2.45, 2.75) is 32.8 Å². The number of carbonyl (C=O) groups excluding carboxylic acids is 1. The van der Waals surface area contributed by atoms with E-state index in [-0.39, 0.29) is 12.3 Å². The Hall–Kier alpha value is -1.75. The molecule has 1 rings (SSSR count). The summed E-state index contributed by atoms with van der Waals surface area (Å²) in [5.41, 5.74) is 0. The van der Waals surface area contributed by atoms with Gasteiger partial charge in [0.1, 0.15) is 11.5 Å². The molecule has 5 heteroatoms. The van der Waals surface area contributed by atoms with Gasteiger partial charge in [-0.1, -0.05) is 13.8 Å². The van der Waals surface area contributed by atoms with E-state index in [9.17, 15) is 9.90 Å². The highest BCUT2D eigenvalue weighted by atomic mass is 16.5. The lowest BCUT2D eigenvalue weighted by atomic mass is 10.1. The lowest BCUT2D eigenvalue weighted by molar-refractivity contribution is -0.122. The Balaban J connectivity index is 2.18. The van der Waals surface area contributed by atoms with Crippen LogP contribution in [0.25, 0.3) is 0 Å². The standard InChI is InChI=1S/C16H25NO4/c1-12(2)10-13(18)11-17-16(19)8-9-21-15-6-4-14(20-3)5-7-15/h4-7,12-13,18H,8-11H2,1-3H3,(H,17,19). The van der Waals surface area contributed by atoms with E-state index in [1.54, 1.807) is 31.4 Å². The fourth-order valence-corrected chi connectivity index (χ4v) is 1.88. The van der Waals surface area contributed by atoms with E-state index in [0.29, 0.717) is 31.2 Å². The highest BCUT2D eigenvalue weighted by molar-refractivity contribution is 5.76. The average Bonchev–Trinajstić information content (AvgIpc) is 2.45. The van der Waals surface area contributed by atoms with Crippen molar-refractivity contribution < 1.29 is 19.4 Å². The molecule has 21 heavy (non-hydrogen) atoms. The van der Waals surface area contributed by atoms with E-state index in [4.69, 9.17) is 9.47 Å². The van der Waals surface area contributed by atoms with Gasteiger partial charge in [-0.3, -0.25) is 4.79 Å². The van der Waals surface area contributed by atoms with Crippen molar-refractivity contribution >= 4 is 5.91 Å². The molecule has 0 aromatic heterocycles. The Morgan fingerprint density at radius 2 is 1.86 bits per heavy atom. The maximum Gasteiger partial charge on any atom is 0.223 e. The van der Waals surface area contributed by atoms with Crippen molar-refractivity contribution in [2.75, 3.05) is 20.3 Å². The summed E-state index contributed by atoms with van der Waals surface area (Å²) in [5, 5.41) is 12.4. The monoisotopic (exact) mass is 295 g/mol. The number of amides is 1. The summed E-state index contributed by atoms with van der Waals surface area (Å²) in [6.07, 6.45) is 0.458. The van der Waals surface area contributed by atoms with Crippen LogP contribution in [-0.2, 0) is 4.79 Å². The molecule has 0 aliphatic carbocycles. The van der Waals surface area contributed by atoms with Crippen LogP contribution in [0.3, 0.4) is 0 Å². The van der Waals surface area contributed by atoms with Crippen LogP contribution in [0.5, 0.6) is 11.5 Å². The number of nitrogens with one attached hydrogen (secondary N) is 1. The van der Waals surface area contributed by atoms with Crippen LogP contribution in [0, 0.1) is 5.92 Å². The fraction of sp³-hybridized carbons (Fsp3) is 0.562. The largest absolute Gasteiger partial charge is 0.497 e. The lowest BCUT2D eigenvalue weighted by Gasteiger charge is -2.14. The van der Waals surface area contributed by atoms with Gasteiger partial charge in [0.2, 0.25) is 5.91 Å². The number of benzene rings is 1. The number of ether oxygens (including phenoxy) is 2. The van der Waals surface area contributed by atoms with Crippen LogP contribution in [0.4, 0.5) is 0 Å². The first-order valence-corrected chi connectivity index (χ1v) is 7.23. The summed E-state index contributed by atoms with van der Waals surface area (Å²) < 4.78 is 10.5. The van der Waals surface area contributed by atoms with Gasteiger partial charge in [-0.05, 0) is 36.6 Å². The minimum atomic E-state index is -0.489. The van der Waals surface area contributed by atoms with Crippen molar-refractivity contribution in [3.8, 4) is 11.5 Å². The number of methoxy groups -OCH3 is 1. The van der Waals surface area contributed by atoms with E-state index in [0.717, 1.165) is 5.75 Å². The number of hydrogen-bond donors (Lipinski definition) is 2. The minimum Gasteiger partial charge on any atom is -0.497 e. The Morgan fingerprint density at radius 1 is 1.24 bits per heavy atom. The van der Waals surface area contributed by atoms with E-state index >= 15 is 0 Å². The smallest absolute Gasteiger partial charge is 0.223 e. The Kier molecular flexibility index (Phi) is 7.61. The first kappa shape index (κ1) is 17.3. The molecule has 0 saturated heterocycles. The molecule has 1 aromatic carbocycles. The summed E-state index contributed by atoms with van der Waals surface area (Å²) in [5.74, 6) is 1.75. The summed E-state index contributed by atoms with van der Waals surface area (Å²) in [4.78, 5) is 11.6. The molecule has 5 nitrogen and oxygen atoms in total. The molecule has 0 saturated carbocycles. The molecule has 0 heterocycles. The van der Waals surface area contributed by atoms with Crippen LogP contribution >= 0.6 is 0 Å². The third kappa shape index (κ3) is 7.56. The maximum atomic E-state index is 11.6. The summed E-state index contributed by atoms with van der Waals surface area (Å²) in [6, 6.07) is 7.20. The second-order valence-electron chi connectivity index (χ2n) is 5.36. The van der Waals surface area contributed by atoms with Crippen LogP contribution in [-0.4, -0.2) is 37.4 Å². The van der Waals surface area contributed by atoms with Gasteiger partial charge in [0.15, 0.2) is 0 Å². The van der Waals surface area contributed by atoms with Gasteiger partial charge >= 0.3 is 0 Å². The van der Waals surface area contributed by atoms with Crippen LogP contribution in [0.15, 0.2) is 24.3 Å². The zero-order valence-corrected chi connectivity index (χ0v) is 13.0. The van der Waals surface area contributed by atoms with Crippen LogP contribution < -0.4 is 14.8 Å². The van der Waals surface area contributed by atoms with Gasteiger partial charge in [0.25, 0.3) is 0 Å². The van der Waals surface area contributed by atoms with Crippen molar-refractivity contribution in [3.63, 3.8) is 0 Å². The molecule has 2 N–H and O–H groups in total. The molecular formula is C16H25NO4. The molecule has 1 aromatic rings. The SMILES string of the molecule is COc1ccc(OCCC(=O)NCC(O)CC(C)C)cc1.